The minimum absolute atomic E-state index is 0.954. The van der Waals surface area contributed by atoms with Crippen molar-refractivity contribution in [2.75, 3.05) is 0 Å². The van der Waals surface area contributed by atoms with Gasteiger partial charge in [0.15, 0.2) is 0 Å². The van der Waals surface area contributed by atoms with Crippen LogP contribution in [0.15, 0.2) is 133 Å². The average Bonchev–Trinajstić information content (AvgIpc) is 3.51. The van der Waals surface area contributed by atoms with E-state index in [1.807, 2.05) is 6.07 Å². The van der Waals surface area contributed by atoms with Crippen molar-refractivity contribution in [3.63, 3.8) is 0 Å². The maximum Gasteiger partial charge on any atom is 0.145 e. The molecule has 1 aliphatic carbocycles. The van der Waals surface area contributed by atoms with E-state index >= 15 is 0 Å². The van der Waals surface area contributed by atoms with Gasteiger partial charge in [-0.15, -0.1) is 0 Å². The molecule has 0 amide bonds. The molecule has 0 unspecified atom stereocenters. The van der Waals surface area contributed by atoms with E-state index in [9.17, 15) is 0 Å². The normalized spacial score (nSPS) is 11.8. The SMILES string of the molecule is c1ccc(-c2nc3cc(-c4ccc5c(c4)-c4cccc6cccc-5c46)ccc3n2-c2ccccc2)cc1. The van der Waals surface area contributed by atoms with Gasteiger partial charge in [-0.1, -0.05) is 103 Å². The third kappa shape index (κ3) is 3.03. The molecular weight excluding hydrogens is 448 g/mol. The Morgan fingerprint density at radius 3 is 1.92 bits per heavy atom. The first kappa shape index (κ1) is 20.3. The molecule has 1 heterocycles. The van der Waals surface area contributed by atoms with Gasteiger partial charge in [-0.3, -0.25) is 4.57 Å². The van der Waals surface area contributed by atoms with Gasteiger partial charge >= 0.3 is 0 Å². The van der Waals surface area contributed by atoms with E-state index in [2.05, 4.69) is 132 Å². The Morgan fingerprint density at radius 2 is 1.14 bits per heavy atom. The fourth-order valence-corrected chi connectivity index (χ4v) is 5.85. The number of fused-ring (bicyclic) bond motifs is 4. The Morgan fingerprint density at radius 1 is 0.459 bits per heavy atom. The van der Waals surface area contributed by atoms with Crippen molar-refractivity contribution < 1.29 is 0 Å². The summed E-state index contributed by atoms with van der Waals surface area (Å²) in [4.78, 5) is 5.14. The van der Waals surface area contributed by atoms with Crippen LogP contribution in [-0.2, 0) is 0 Å². The van der Waals surface area contributed by atoms with E-state index in [1.54, 1.807) is 0 Å². The summed E-state index contributed by atoms with van der Waals surface area (Å²) in [6.07, 6.45) is 0. The highest BCUT2D eigenvalue weighted by atomic mass is 15.1. The van der Waals surface area contributed by atoms with Crippen molar-refractivity contribution in [3.05, 3.63) is 133 Å². The van der Waals surface area contributed by atoms with Crippen molar-refractivity contribution in [1.82, 2.24) is 9.55 Å². The van der Waals surface area contributed by atoms with Crippen LogP contribution in [0.1, 0.15) is 0 Å². The molecule has 2 nitrogen and oxygen atoms in total. The predicted molar refractivity (Wildman–Crippen MR) is 154 cm³/mol. The van der Waals surface area contributed by atoms with E-state index in [4.69, 9.17) is 4.98 Å². The summed E-state index contributed by atoms with van der Waals surface area (Å²) in [5.74, 6) is 0.954. The van der Waals surface area contributed by atoms with Crippen LogP contribution in [0, 0.1) is 0 Å². The standard InChI is InChI=1S/C35H22N2/c1-3-9-24(10-4-1)35-36-32-22-26(18-20-33(32)37(35)27-13-5-2-6-14-27)25-17-19-28-29-15-7-11-23-12-8-16-30(34(23)29)31(28)21-25/h1-22H. The molecule has 6 aromatic carbocycles. The van der Waals surface area contributed by atoms with E-state index in [1.165, 1.54) is 44.2 Å². The first-order valence-corrected chi connectivity index (χ1v) is 12.7. The second kappa shape index (κ2) is 7.78. The van der Waals surface area contributed by atoms with Crippen molar-refractivity contribution in [3.8, 4) is 50.5 Å². The molecule has 37 heavy (non-hydrogen) atoms. The van der Waals surface area contributed by atoms with Crippen LogP contribution in [0.4, 0.5) is 0 Å². The highest BCUT2D eigenvalue weighted by Crippen LogP contribution is 2.48. The zero-order valence-corrected chi connectivity index (χ0v) is 20.1. The van der Waals surface area contributed by atoms with Gasteiger partial charge in [-0.25, -0.2) is 4.98 Å². The molecule has 0 fully saturated rings. The first-order chi connectivity index (χ1) is 18.3. The topological polar surface area (TPSA) is 17.8 Å². The van der Waals surface area contributed by atoms with Crippen LogP contribution in [-0.4, -0.2) is 9.55 Å². The molecule has 0 N–H and O–H groups in total. The number of nitrogens with zero attached hydrogens (tertiary/aromatic N) is 2. The van der Waals surface area contributed by atoms with E-state index in [0.29, 0.717) is 0 Å². The van der Waals surface area contributed by atoms with Crippen LogP contribution in [0.3, 0.4) is 0 Å². The minimum atomic E-state index is 0.954. The van der Waals surface area contributed by atoms with Crippen LogP contribution < -0.4 is 0 Å². The van der Waals surface area contributed by atoms with Crippen LogP contribution in [0.5, 0.6) is 0 Å². The van der Waals surface area contributed by atoms with E-state index in [-0.39, 0.29) is 0 Å². The highest BCUT2D eigenvalue weighted by molar-refractivity contribution is 6.15. The minimum Gasteiger partial charge on any atom is -0.292 e. The van der Waals surface area contributed by atoms with Crippen LogP contribution in [0.25, 0.3) is 72.3 Å². The Kier molecular flexibility index (Phi) is 4.26. The van der Waals surface area contributed by atoms with Crippen LogP contribution >= 0.6 is 0 Å². The van der Waals surface area contributed by atoms with Crippen molar-refractivity contribution in [2.24, 2.45) is 0 Å². The maximum atomic E-state index is 5.14. The van der Waals surface area contributed by atoms with E-state index in [0.717, 1.165) is 28.1 Å². The molecule has 0 radical (unpaired) electrons. The van der Waals surface area contributed by atoms with Gasteiger partial charge in [0.25, 0.3) is 0 Å². The number of para-hydroxylation sites is 1. The molecule has 0 saturated heterocycles. The third-order valence-electron chi connectivity index (χ3n) is 7.54. The molecule has 0 aliphatic heterocycles. The largest absolute Gasteiger partial charge is 0.292 e. The zero-order chi connectivity index (χ0) is 24.3. The van der Waals surface area contributed by atoms with Gasteiger partial charge in [0.1, 0.15) is 5.82 Å². The quantitative estimate of drug-likeness (QED) is 0.252. The third-order valence-corrected chi connectivity index (χ3v) is 7.54. The Labute approximate surface area is 215 Å². The summed E-state index contributed by atoms with van der Waals surface area (Å²) in [5, 5.41) is 2.66. The molecule has 0 spiro atoms. The summed E-state index contributed by atoms with van der Waals surface area (Å²) in [5.41, 5.74) is 12.0. The number of imidazole rings is 1. The molecule has 1 aliphatic rings. The maximum absolute atomic E-state index is 5.14. The van der Waals surface area contributed by atoms with Gasteiger partial charge in [0.05, 0.1) is 11.0 Å². The average molecular weight is 471 g/mol. The second-order valence-electron chi connectivity index (χ2n) is 9.65. The molecule has 8 rings (SSSR count). The van der Waals surface area contributed by atoms with Gasteiger partial charge in [0, 0.05) is 11.3 Å². The van der Waals surface area contributed by atoms with Gasteiger partial charge < -0.3 is 0 Å². The summed E-state index contributed by atoms with van der Waals surface area (Å²) >= 11 is 0. The lowest BCUT2D eigenvalue weighted by Gasteiger charge is -2.10. The number of benzene rings is 6. The molecule has 0 saturated carbocycles. The van der Waals surface area contributed by atoms with Crippen molar-refractivity contribution in [2.45, 2.75) is 0 Å². The molecule has 0 atom stereocenters. The molecule has 0 bridgehead atoms. The summed E-state index contributed by atoms with van der Waals surface area (Å²) < 4.78 is 2.26. The smallest absolute Gasteiger partial charge is 0.145 e. The summed E-state index contributed by atoms with van der Waals surface area (Å²) in [6, 6.07) is 47.7. The van der Waals surface area contributed by atoms with Gasteiger partial charge in [0.2, 0.25) is 0 Å². The highest BCUT2D eigenvalue weighted by Gasteiger charge is 2.21. The van der Waals surface area contributed by atoms with Crippen molar-refractivity contribution >= 4 is 21.8 Å². The monoisotopic (exact) mass is 470 g/mol. The Balaban J connectivity index is 1.31. The first-order valence-electron chi connectivity index (χ1n) is 12.7. The fraction of sp³-hybridized carbons (Fsp3) is 0. The molecule has 2 heteroatoms. The Bertz CT molecular complexity index is 1960. The zero-order valence-electron chi connectivity index (χ0n) is 20.1. The summed E-state index contributed by atoms with van der Waals surface area (Å²) in [6.45, 7) is 0. The lowest BCUT2D eigenvalue weighted by Crippen LogP contribution is -1.97. The molecule has 172 valence electrons. The van der Waals surface area contributed by atoms with Crippen molar-refractivity contribution in [1.29, 1.82) is 0 Å². The Hall–Kier alpha value is -4.95. The lowest BCUT2D eigenvalue weighted by molar-refractivity contribution is 1.10. The van der Waals surface area contributed by atoms with Gasteiger partial charge in [-0.05, 0) is 74.5 Å². The number of hydrogen-bond acceptors (Lipinski definition) is 1. The van der Waals surface area contributed by atoms with Crippen LogP contribution in [0.2, 0.25) is 0 Å². The number of aromatic nitrogens is 2. The fourth-order valence-electron chi connectivity index (χ4n) is 5.85. The summed E-state index contributed by atoms with van der Waals surface area (Å²) in [7, 11) is 0. The lowest BCUT2D eigenvalue weighted by atomic mass is 9.97. The van der Waals surface area contributed by atoms with Gasteiger partial charge in [-0.2, -0.15) is 0 Å². The molecular formula is C35H22N2. The predicted octanol–water partition coefficient (Wildman–Crippen LogP) is 9.16. The number of rotatable bonds is 3. The van der Waals surface area contributed by atoms with E-state index < -0.39 is 0 Å². The number of hydrogen-bond donors (Lipinski definition) is 0. The molecule has 7 aromatic rings. The second-order valence-corrected chi connectivity index (χ2v) is 9.65. The molecule has 1 aromatic heterocycles.